The predicted octanol–water partition coefficient (Wildman–Crippen LogP) is 5.34. The third kappa shape index (κ3) is 4.31. The molecule has 0 saturated heterocycles. The smallest absolute Gasteiger partial charge is 0.322 e. The molecule has 1 aliphatic carbocycles. The number of carbonyl (C=O) groups excluding carboxylic acids is 1. The van der Waals surface area contributed by atoms with Crippen LogP contribution in [-0.4, -0.2) is 15.7 Å². The standard InChI is InChI=1S/C16H11BrF7N3O/c17-12-13(7-1-2-7)27(26-14(12)16(22,23)24)6-11(28)25-10-5-8(15(19,20)21)3-4-9(10)18/h3-5,7H,1-2,6H2,(H,25,28). The molecule has 4 nitrogen and oxygen atoms in total. The van der Waals surface area contributed by atoms with Crippen LogP contribution in [0.15, 0.2) is 22.7 Å². The van der Waals surface area contributed by atoms with E-state index in [1.54, 1.807) is 0 Å². The predicted molar refractivity (Wildman–Crippen MR) is 86.9 cm³/mol. The van der Waals surface area contributed by atoms with Crippen molar-refractivity contribution >= 4 is 27.5 Å². The van der Waals surface area contributed by atoms with Crippen molar-refractivity contribution in [1.29, 1.82) is 0 Å². The number of hydrogen-bond donors (Lipinski definition) is 1. The average molecular weight is 474 g/mol. The van der Waals surface area contributed by atoms with Gasteiger partial charge in [-0.05, 0) is 47.0 Å². The second-order valence-corrected chi connectivity index (χ2v) is 7.01. The molecule has 28 heavy (non-hydrogen) atoms. The molecule has 152 valence electrons. The summed E-state index contributed by atoms with van der Waals surface area (Å²) in [6.07, 6.45) is -8.27. The fraction of sp³-hybridized carbons (Fsp3) is 0.375. The lowest BCUT2D eigenvalue weighted by Crippen LogP contribution is -2.22. The topological polar surface area (TPSA) is 46.9 Å². The highest BCUT2D eigenvalue weighted by molar-refractivity contribution is 9.10. The average Bonchev–Trinajstić information content (AvgIpc) is 3.32. The Morgan fingerprint density at radius 2 is 1.82 bits per heavy atom. The summed E-state index contributed by atoms with van der Waals surface area (Å²) in [6.45, 7) is -0.712. The number of halogens is 8. The van der Waals surface area contributed by atoms with Crippen molar-refractivity contribution in [3.63, 3.8) is 0 Å². The first-order valence-electron chi connectivity index (χ1n) is 7.88. The second-order valence-electron chi connectivity index (χ2n) is 6.22. The van der Waals surface area contributed by atoms with E-state index in [-0.39, 0.29) is 16.1 Å². The number of carbonyl (C=O) groups is 1. The van der Waals surface area contributed by atoms with Crippen LogP contribution in [0.3, 0.4) is 0 Å². The van der Waals surface area contributed by atoms with Crippen molar-refractivity contribution in [2.24, 2.45) is 0 Å². The fourth-order valence-electron chi connectivity index (χ4n) is 2.62. The van der Waals surface area contributed by atoms with Gasteiger partial charge in [-0.25, -0.2) is 4.39 Å². The van der Waals surface area contributed by atoms with Gasteiger partial charge in [0, 0.05) is 5.92 Å². The van der Waals surface area contributed by atoms with E-state index in [1.165, 1.54) is 0 Å². The molecule has 0 unspecified atom stereocenters. The molecule has 1 fully saturated rings. The van der Waals surface area contributed by atoms with Crippen LogP contribution in [0.2, 0.25) is 0 Å². The van der Waals surface area contributed by atoms with Gasteiger partial charge in [-0.15, -0.1) is 0 Å². The molecule has 2 aromatic rings. The van der Waals surface area contributed by atoms with Gasteiger partial charge < -0.3 is 5.32 Å². The molecule has 1 N–H and O–H groups in total. The highest BCUT2D eigenvalue weighted by Crippen LogP contribution is 2.47. The van der Waals surface area contributed by atoms with Crippen LogP contribution in [0, 0.1) is 5.82 Å². The van der Waals surface area contributed by atoms with Crippen molar-refractivity contribution < 1.29 is 35.5 Å². The Kier molecular flexibility index (Phi) is 5.19. The minimum Gasteiger partial charge on any atom is -0.322 e. The Morgan fingerprint density at radius 3 is 2.36 bits per heavy atom. The SMILES string of the molecule is O=C(Cn1nc(C(F)(F)F)c(Br)c1C1CC1)Nc1cc(C(F)(F)F)ccc1F. The molecule has 3 rings (SSSR count). The Morgan fingerprint density at radius 1 is 1.18 bits per heavy atom. The van der Waals surface area contributed by atoms with Crippen LogP contribution in [0.5, 0.6) is 0 Å². The number of hydrogen-bond acceptors (Lipinski definition) is 2. The van der Waals surface area contributed by atoms with Gasteiger partial charge in [0.15, 0.2) is 5.69 Å². The maximum atomic E-state index is 13.7. The molecule has 1 aliphatic rings. The third-order valence-corrected chi connectivity index (χ3v) is 4.81. The van der Waals surface area contributed by atoms with E-state index < -0.39 is 47.6 Å². The Bertz CT molecular complexity index is 916. The van der Waals surface area contributed by atoms with Gasteiger partial charge in [-0.3, -0.25) is 9.48 Å². The molecule has 0 aliphatic heterocycles. The van der Waals surface area contributed by atoms with Gasteiger partial charge in [0.05, 0.1) is 21.4 Å². The number of amides is 1. The van der Waals surface area contributed by atoms with Gasteiger partial charge in [0.1, 0.15) is 12.4 Å². The van der Waals surface area contributed by atoms with Crippen molar-refractivity contribution in [2.75, 3.05) is 5.32 Å². The van der Waals surface area contributed by atoms with Gasteiger partial charge in [-0.1, -0.05) is 0 Å². The summed E-state index contributed by atoms with van der Waals surface area (Å²) in [6, 6.07) is 1.46. The molecule has 0 radical (unpaired) electrons. The van der Waals surface area contributed by atoms with Crippen molar-refractivity contribution in [2.45, 2.75) is 37.7 Å². The van der Waals surface area contributed by atoms with Crippen LogP contribution in [0.4, 0.5) is 36.4 Å². The first-order valence-corrected chi connectivity index (χ1v) is 8.67. The van der Waals surface area contributed by atoms with Crippen LogP contribution in [0.1, 0.15) is 35.7 Å². The van der Waals surface area contributed by atoms with Gasteiger partial charge >= 0.3 is 12.4 Å². The molecule has 12 heteroatoms. The molecule has 1 amide bonds. The lowest BCUT2D eigenvalue weighted by Gasteiger charge is -2.12. The largest absolute Gasteiger partial charge is 0.436 e. The zero-order chi connectivity index (χ0) is 20.9. The first-order chi connectivity index (χ1) is 12.9. The molecule has 0 bridgehead atoms. The number of nitrogens with one attached hydrogen (secondary N) is 1. The molecule has 0 atom stereocenters. The van der Waals surface area contributed by atoms with Crippen LogP contribution >= 0.6 is 15.9 Å². The van der Waals surface area contributed by atoms with Crippen LogP contribution in [0.25, 0.3) is 0 Å². The summed E-state index contributed by atoms with van der Waals surface area (Å²) in [5.41, 5.74) is -2.93. The molecule has 1 saturated carbocycles. The van der Waals surface area contributed by atoms with Crippen molar-refractivity contribution in [3.05, 3.63) is 45.4 Å². The summed E-state index contributed by atoms with van der Waals surface area (Å²) in [4.78, 5) is 12.1. The Balaban J connectivity index is 1.85. The van der Waals surface area contributed by atoms with E-state index in [1.807, 2.05) is 5.32 Å². The normalized spacial score (nSPS) is 15.0. The van der Waals surface area contributed by atoms with E-state index >= 15 is 0 Å². The third-order valence-electron chi connectivity index (χ3n) is 4.03. The summed E-state index contributed by atoms with van der Waals surface area (Å²) in [5.74, 6) is -2.33. The number of nitrogens with zero attached hydrogens (tertiary/aromatic N) is 2. The maximum Gasteiger partial charge on any atom is 0.436 e. The summed E-state index contributed by atoms with van der Waals surface area (Å²) in [5, 5.41) is 5.37. The molecule has 1 heterocycles. The van der Waals surface area contributed by atoms with Crippen LogP contribution in [-0.2, 0) is 23.7 Å². The van der Waals surface area contributed by atoms with E-state index in [9.17, 15) is 35.5 Å². The zero-order valence-corrected chi connectivity index (χ0v) is 15.3. The summed E-state index contributed by atoms with van der Waals surface area (Å²) >= 11 is 2.86. The molecule has 0 spiro atoms. The lowest BCUT2D eigenvalue weighted by molar-refractivity contribution is -0.142. The zero-order valence-electron chi connectivity index (χ0n) is 13.8. The summed E-state index contributed by atoms with van der Waals surface area (Å²) < 4.78 is 91.7. The molecule has 1 aromatic carbocycles. The summed E-state index contributed by atoms with van der Waals surface area (Å²) in [7, 11) is 0. The van der Waals surface area contributed by atoms with Crippen molar-refractivity contribution in [1.82, 2.24) is 9.78 Å². The number of anilines is 1. The first kappa shape index (κ1) is 20.6. The number of benzene rings is 1. The lowest BCUT2D eigenvalue weighted by atomic mass is 10.2. The molecular weight excluding hydrogens is 463 g/mol. The van der Waals surface area contributed by atoms with E-state index in [4.69, 9.17) is 0 Å². The molecule has 1 aromatic heterocycles. The van der Waals surface area contributed by atoms with Crippen LogP contribution < -0.4 is 5.32 Å². The van der Waals surface area contributed by atoms with Gasteiger partial charge in [0.25, 0.3) is 0 Å². The second kappa shape index (κ2) is 7.05. The van der Waals surface area contributed by atoms with Gasteiger partial charge in [-0.2, -0.15) is 31.4 Å². The minimum absolute atomic E-state index is 0.173. The maximum absolute atomic E-state index is 13.7. The van der Waals surface area contributed by atoms with E-state index in [2.05, 4.69) is 21.0 Å². The Labute approximate surface area is 161 Å². The number of alkyl halides is 6. The monoisotopic (exact) mass is 473 g/mol. The molecular formula is C16H11BrF7N3O. The quantitative estimate of drug-likeness (QED) is 0.609. The highest BCUT2D eigenvalue weighted by atomic mass is 79.9. The minimum atomic E-state index is -4.75. The van der Waals surface area contributed by atoms with Crippen molar-refractivity contribution in [3.8, 4) is 0 Å². The fourth-order valence-corrected chi connectivity index (χ4v) is 3.46. The number of aromatic nitrogens is 2. The van der Waals surface area contributed by atoms with E-state index in [0.717, 1.165) is 4.68 Å². The van der Waals surface area contributed by atoms with Gasteiger partial charge in [0.2, 0.25) is 5.91 Å². The number of rotatable bonds is 4. The highest BCUT2D eigenvalue weighted by Gasteiger charge is 2.42. The van der Waals surface area contributed by atoms with E-state index in [0.29, 0.717) is 31.0 Å². The Hall–Kier alpha value is -2.11.